The minimum atomic E-state index is -0.395. The summed E-state index contributed by atoms with van der Waals surface area (Å²) in [5.74, 6) is 0.936. The molecule has 1 unspecified atom stereocenters. The maximum Gasteiger partial charge on any atom is 0.273 e. The third kappa shape index (κ3) is 16.5. The van der Waals surface area contributed by atoms with E-state index in [2.05, 4.69) is 13.8 Å². The van der Waals surface area contributed by atoms with Gasteiger partial charge in [0, 0.05) is 6.07 Å². The number of nitrogens with two attached hydrogens (primary N) is 1. The largest absolute Gasteiger partial charge is 0.491 e. The summed E-state index contributed by atoms with van der Waals surface area (Å²) in [5.41, 5.74) is 6.53. The van der Waals surface area contributed by atoms with Crippen LogP contribution in [0.2, 0.25) is 0 Å². The summed E-state index contributed by atoms with van der Waals surface area (Å²) in [7, 11) is 0. The Balaban J connectivity index is 2.37. The van der Waals surface area contributed by atoms with Crippen molar-refractivity contribution in [2.75, 3.05) is 12.3 Å². The molecule has 202 valence electrons. The van der Waals surface area contributed by atoms with Gasteiger partial charge in [-0.05, 0) is 24.8 Å². The minimum absolute atomic E-state index is 0.0310. The second kappa shape index (κ2) is 21.5. The molecule has 0 fully saturated rings. The first kappa shape index (κ1) is 31.3. The van der Waals surface area contributed by atoms with E-state index in [0.29, 0.717) is 24.0 Å². The van der Waals surface area contributed by atoms with Gasteiger partial charge in [0.05, 0.1) is 23.3 Å². The minimum Gasteiger partial charge on any atom is -0.491 e. The van der Waals surface area contributed by atoms with Gasteiger partial charge in [0.25, 0.3) is 5.69 Å². The van der Waals surface area contributed by atoms with Crippen LogP contribution in [0, 0.1) is 16.0 Å². The Kier molecular flexibility index (Phi) is 19.2. The lowest BCUT2D eigenvalue weighted by Crippen LogP contribution is -2.13. The van der Waals surface area contributed by atoms with Crippen LogP contribution in [0.3, 0.4) is 0 Å². The van der Waals surface area contributed by atoms with E-state index in [9.17, 15) is 10.1 Å². The number of nitro groups is 1. The summed E-state index contributed by atoms with van der Waals surface area (Å²) >= 11 is 0. The number of rotatable bonds is 24. The zero-order valence-electron chi connectivity index (χ0n) is 22.9. The van der Waals surface area contributed by atoms with Crippen LogP contribution in [0.25, 0.3) is 0 Å². The van der Waals surface area contributed by atoms with Gasteiger partial charge in [0.1, 0.15) is 5.75 Å². The Morgan fingerprint density at radius 1 is 0.743 bits per heavy atom. The van der Waals surface area contributed by atoms with Crippen molar-refractivity contribution < 1.29 is 9.66 Å². The van der Waals surface area contributed by atoms with Crippen LogP contribution in [0.1, 0.15) is 142 Å². The lowest BCUT2D eigenvalue weighted by atomic mass is 9.94. The second-order valence-electron chi connectivity index (χ2n) is 10.4. The van der Waals surface area contributed by atoms with Crippen LogP contribution in [0.5, 0.6) is 5.75 Å². The van der Waals surface area contributed by atoms with Crippen molar-refractivity contribution in [2.45, 2.75) is 142 Å². The molecule has 1 aromatic rings. The average molecular weight is 491 g/mol. The predicted molar refractivity (Wildman–Crippen MR) is 150 cm³/mol. The Morgan fingerprint density at radius 2 is 1.17 bits per heavy atom. The van der Waals surface area contributed by atoms with E-state index < -0.39 is 4.92 Å². The fourth-order valence-corrected chi connectivity index (χ4v) is 4.77. The summed E-state index contributed by atoms with van der Waals surface area (Å²) < 4.78 is 6.03. The van der Waals surface area contributed by atoms with Crippen LogP contribution in [0.4, 0.5) is 11.4 Å². The van der Waals surface area contributed by atoms with E-state index in [1.54, 1.807) is 6.07 Å². The van der Waals surface area contributed by atoms with Gasteiger partial charge in [-0.15, -0.1) is 0 Å². The van der Waals surface area contributed by atoms with E-state index in [0.717, 1.165) is 0 Å². The van der Waals surface area contributed by atoms with Crippen molar-refractivity contribution >= 4 is 11.4 Å². The molecule has 1 atom stereocenters. The highest BCUT2D eigenvalue weighted by Crippen LogP contribution is 2.28. The highest BCUT2D eigenvalue weighted by molar-refractivity contribution is 5.57. The molecule has 0 saturated carbocycles. The lowest BCUT2D eigenvalue weighted by molar-refractivity contribution is -0.384. The van der Waals surface area contributed by atoms with Gasteiger partial charge in [-0.1, -0.05) is 129 Å². The molecule has 0 bridgehead atoms. The number of anilines is 1. The van der Waals surface area contributed by atoms with Crippen molar-refractivity contribution in [1.82, 2.24) is 0 Å². The summed E-state index contributed by atoms with van der Waals surface area (Å²) in [6.07, 6.45) is 26.4. The van der Waals surface area contributed by atoms with Gasteiger partial charge >= 0.3 is 0 Å². The molecule has 0 aliphatic heterocycles. The highest BCUT2D eigenvalue weighted by atomic mass is 16.6. The molecule has 0 radical (unpaired) electrons. The van der Waals surface area contributed by atoms with Gasteiger partial charge < -0.3 is 10.5 Å². The first-order valence-corrected chi connectivity index (χ1v) is 14.7. The van der Waals surface area contributed by atoms with E-state index >= 15 is 0 Å². The van der Waals surface area contributed by atoms with Gasteiger partial charge in [-0.3, -0.25) is 10.1 Å². The zero-order chi connectivity index (χ0) is 25.6. The normalized spacial score (nSPS) is 12.1. The van der Waals surface area contributed by atoms with E-state index in [-0.39, 0.29) is 5.69 Å². The van der Waals surface area contributed by atoms with Gasteiger partial charge in [0.2, 0.25) is 0 Å². The van der Waals surface area contributed by atoms with Crippen molar-refractivity contribution in [3.8, 4) is 5.75 Å². The molecule has 35 heavy (non-hydrogen) atoms. The molecule has 5 nitrogen and oxygen atoms in total. The third-order valence-electron chi connectivity index (χ3n) is 7.11. The smallest absolute Gasteiger partial charge is 0.273 e. The average Bonchev–Trinajstić information content (AvgIpc) is 2.85. The molecule has 0 aromatic heterocycles. The number of hydrogen-bond acceptors (Lipinski definition) is 4. The maximum absolute atomic E-state index is 11.1. The summed E-state index contributed by atoms with van der Waals surface area (Å²) in [6, 6.07) is 4.47. The van der Waals surface area contributed by atoms with Crippen molar-refractivity contribution in [3.63, 3.8) is 0 Å². The molecule has 0 aliphatic rings. The monoisotopic (exact) mass is 490 g/mol. The fourth-order valence-electron chi connectivity index (χ4n) is 4.77. The molecule has 1 rings (SSSR count). The highest BCUT2D eigenvalue weighted by Gasteiger charge is 2.14. The number of hydrogen-bond donors (Lipinski definition) is 1. The quantitative estimate of drug-likeness (QED) is 0.0676. The number of nitro benzene ring substituents is 1. The summed E-state index contributed by atoms with van der Waals surface area (Å²) in [4.78, 5) is 10.7. The molecular formula is C30H54N2O3. The second-order valence-corrected chi connectivity index (χ2v) is 10.4. The number of nitrogens with zero attached hydrogens (tertiary/aromatic N) is 1. The van der Waals surface area contributed by atoms with Gasteiger partial charge in [0.15, 0.2) is 0 Å². The summed E-state index contributed by atoms with van der Waals surface area (Å²) in [6.45, 7) is 5.13. The van der Waals surface area contributed by atoms with E-state index in [1.807, 2.05) is 0 Å². The molecule has 0 heterocycles. The lowest BCUT2D eigenvalue weighted by Gasteiger charge is -2.18. The first-order chi connectivity index (χ1) is 17.1. The fraction of sp³-hybridized carbons (Fsp3) is 0.800. The van der Waals surface area contributed by atoms with E-state index in [1.165, 1.54) is 141 Å². The SMILES string of the molecule is CCCCCCCCCCCCC(CCCCCCCCCC)COc1cc([N+](=O)[O-])ccc1N. The van der Waals surface area contributed by atoms with Crippen molar-refractivity contribution in [3.05, 3.63) is 28.3 Å². The van der Waals surface area contributed by atoms with Crippen molar-refractivity contribution in [2.24, 2.45) is 5.92 Å². The topological polar surface area (TPSA) is 78.4 Å². The van der Waals surface area contributed by atoms with Crippen LogP contribution in [-0.2, 0) is 0 Å². The third-order valence-corrected chi connectivity index (χ3v) is 7.11. The van der Waals surface area contributed by atoms with Crippen molar-refractivity contribution in [1.29, 1.82) is 0 Å². The predicted octanol–water partition coefficient (Wildman–Crippen LogP) is 10.0. The number of non-ortho nitro benzene ring substituents is 1. The molecule has 0 amide bonds. The first-order valence-electron chi connectivity index (χ1n) is 14.7. The number of benzene rings is 1. The molecule has 2 N–H and O–H groups in total. The van der Waals surface area contributed by atoms with Crippen LogP contribution >= 0.6 is 0 Å². The molecule has 0 saturated heterocycles. The Morgan fingerprint density at radius 3 is 1.60 bits per heavy atom. The molecule has 0 aliphatic carbocycles. The number of unbranched alkanes of at least 4 members (excludes halogenated alkanes) is 16. The van der Waals surface area contributed by atoms with Gasteiger partial charge in [-0.2, -0.15) is 0 Å². The number of ether oxygens (including phenoxy) is 1. The Hall–Kier alpha value is -1.78. The van der Waals surface area contributed by atoms with Crippen LogP contribution in [-0.4, -0.2) is 11.5 Å². The van der Waals surface area contributed by atoms with Crippen LogP contribution < -0.4 is 10.5 Å². The van der Waals surface area contributed by atoms with E-state index in [4.69, 9.17) is 10.5 Å². The Labute approximate surface area is 215 Å². The zero-order valence-corrected chi connectivity index (χ0v) is 22.9. The molecule has 1 aromatic carbocycles. The molecule has 5 heteroatoms. The molecule has 0 spiro atoms. The summed E-state index contributed by atoms with van der Waals surface area (Å²) in [5, 5.41) is 11.1. The maximum atomic E-state index is 11.1. The standard InChI is InChI=1S/C30H54N2O3/c1-3-5-7-9-11-13-14-16-18-20-22-27(21-19-17-15-12-10-8-6-4-2)26-35-30-25-28(32(33)34)23-24-29(30)31/h23-25,27H,3-22,26,31H2,1-2H3. The van der Waals surface area contributed by atoms with Crippen LogP contribution in [0.15, 0.2) is 18.2 Å². The molecular weight excluding hydrogens is 436 g/mol. The number of nitrogen functional groups attached to an aromatic ring is 1. The van der Waals surface area contributed by atoms with Gasteiger partial charge in [-0.25, -0.2) is 0 Å². The Bertz CT molecular complexity index is 650.